The minimum atomic E-state index is 0.499. The average molecular weight is 1280 g/mol. The summed E-state index contributed by atoms with van der Waals surface area (Å²) in [7, 11) is 0. The van der Waals surface area contributed by atoms with E-state index < -0.39 is 0 Å². The number of para-hydroxylation sites is 4. The molecule has 6 aromatic heterocycles. The van der Waals surface area contributed by atoms with Crippen LogP contribution in [0.4, 0.5) is 0 Å². The summed E-state index contributed by atoms with van der Waals surface area (Å²) in [5.74, 6) is 3.11. The first-order chi connectivity index (χ1) is 49.6. The van der Waals surface area contributed by atoms with E-state index in [0.29, 0.717) is 46.4 Å². The van der Waals surface area contributed by atoms with Gasteiger partial charge < -0.3 is 8.83 Å². The molecule has 0 N–H and O–H groups in total. The van der Waals surface area contributed by atoms with E-state index >= 15 is 0 Å². The molecular formula is C90H54N8O2. The fourth-order valence-electron chi connectivity index (χ4n) is 14.9. The Labute approximate surface area is 572 Å². The van der Waals surface area contributed by atoms with E-state index in [1.165, 1.54) is 0 Å². The first kappa shape index (κ1) is 56.6. The number of hydrogen-bond donors (Lipinski definition) is 0. The van der Waals surface area contributed by atoms with Gasteiger partial charge in [-0.05, 0) is 110 Å². The second kappa shape index (κ2) is 23.0. The lowest BCUT2D eigenvalue weighted by molar-refractivity contribution is 0.669. The van der Waals surface area contributed by atoms with Gasteiger partial charge in [-0.2, -0.15) is 19.9 Å². The van der Waals surface area contributed by atoms with E-state index in [2.05, 4.69) is 282 Å². The summed E-state index contributed by atoms with van der Waals surface area (Å²) in [5.41, 5.74) is 21.2. The van der Waals surface area contributed by atoms with E-state index in [0.717, 1.165) is 154 Å². The van der Waals surface area contributed by atoms with Gasteiger partial charge in [0, 0.05) is 54.2 Å². The molecule has 0 aliphatic carbocycles. The van der Waals surface area contributed by atoms with Crippen molar-refractivity contribution in [2.45, 2.75) is 0 Å². The number of furan rings is 2. The van der Waals surface area contributed by atoms with E-state index in [1.54, 1.807) is 0 Å². The molecule has 0 spiro atoms. The van der Waals surface area contributed by atoms with Crippen molar-refractivity contribution >= 4 is 87.5 Å². The summed E-state index contributed by atoms with van der Waals surface area (Å²) >= 11 is 0. The third-order valence-electron chi connectivity index (χ3n) is 19.5. The summed E-state index contributed by atoms with van der Waals surface area (Å²) in [6.45, 7) is 0. The summed E-state index contributed by atoms with van der Waals surface area (Å²) in [4.78, 5) is 32.1. The Morgan fingerprint density at radius 1 is 0.200 bits per heavy atom. The molecule has 0 unspecified atom stereocenters. The van der Waals surface area contributed by atoms with Gasteiger partial charge in [-0.3, -0.25) is 9.13 Å². The van der Waals surface area contributed by atoms with Crippen LogP contribution in [0.2, 0.25) is 0 Å². The van der Waals surface area contributed by atoms with Crippen LogP contribution in [-0.2, 0) is 0 Å². The highest BCUT2D eigenvalue weighted by Crippen LogP contribution is 2.45. The van der Waals surface area contributed by atoms with E-state index in [9.17, 15) is 0 Å². The molecule has 20 aromatic rings. The quantitative estimate of drug-likeness (QED) is 0.126. The maximum atomic E-state index is 6.96. The second-order valence-electron chi connectivity index (χ2n) is 25.2. The molecule has 0 atom stereocenters. The van der Waals surface area contributed by atoms with Gasteiger partial charge in [-0.25, -0.2) is 9.97 Å². The Kier molecular flexibility index (Phi) is 13.0. The van der Waals surface area contributed by atoms with Gasteiger partial charge in [0.05, 0.1) is 33.2 Å². The van der Waals surface area contributed by atoms with Gasteiger partial charge in [0.25, 0.3) is 0 Å². The Hall–Kier alpha value is -13.7. The molecule has 0 amide bonds. The van der Waals surface area contributed by atoms with Crippen molar-refractivity contribution in [1.82, 2.24) is 39.0 Å². The zero-order valence-corrected chi connectivity index (χ0v) is 53.6. The van der Waals surface area contributed by atoms with Gasteiger partial charge in [-0.15, -0.1) is 0 Å². The SMILES string of the molecule is c1ccc(-c2ccc3c(c2)c2ccccc2n3-c2nc(-c3ccc(-c4ccc(-c5cccc6oc7c(-c8nc(-c9ccccc9)nc(-n9c%10ccccc%10c%10c(-c%11ccccc%11)cccc%109)n8)cccc7c56)cc4)cc3)nc(-c3cccc4c3oc3cccc(-c5ccccc5)c34)n2)cc1. The van der Waals surface area contributed by atoms with E-state index in [4.69, 9.17) is 38.7 Å². The Morgan fingerprint density at radius 3 is 1.09 bits per heavy atom. The topological polar surface area (TPSA) is 113 Å². The molecule has 0 saturated heterocycles. The second-order valence-corrected chi connectivity index (χ2v) is 25.2. The van der Waals surface area contributed by atoms with Crippen molar-refractivity contribution in [3.05, 3.63) is 328 Å². The molecule has 0 radical (unpaired) electrons. The summed E-state index contributed by atoms with van der Waals surface area (Å²) in [5, 5.41) is 8.44. The van der Waals surface area contributed by atoms with Crippen LogP contribution >= 0.6 is 0 Å². The van der Waals surface area contributed by atoms with Crippen LogP contribution in [-0.4, -0.2) is 39.0 Å². The van der Waals surface area contributed by atoms with Crippen LogP contribution in [0, 0.1) is 0 Å². The van der Waals surface area contributed by atoms with Crippen LogP contribution in [0.5, 0.6) is 0 Å². The fraction of sp³-hybridized carbons (Fsp3) is 0. The Balaban J connectivity index is 0.677. The molecule has 10 heteroatoms. The summed E-state index contributed by atoms with van der Waals surface area (Å²) in [6, 6.07) is 114. The van der Waals surface area contributed by atoms with Crippen molar-refractivity contribution in [3.63, 3.8) is 0 Å². The third kappa shape index (κ3) is 9.26. The average Bonchev–Trinajstić information content (AvgIpc) is 1.59. The molecule has 0 bridgehead atoms. The van der Waals surface area contributed by atoms with Crippen LogP contribution in [0.1, 0.15) is 0 Å². The minimum Gasteiger partial charge on any atom is -0.455 e. The molecule has 466 valence electrons. The number of aromatic nitrogens is 8. The largest absolute Gasteiger partial charge is 0.455 e. The molecular weight excluding hydrogens is 1230 g/mol. The highest BCUT2D eigenvalue weighted by molar-refractivity contribution is 6.18. The molecule has 14 aromatic carbocycles. The fourth-order valence-corrected chi connectivity index (χ4v) is 14.9. The maximum absolute atomic E-state index is 6.96. The third-order valence-corrected chi connectivity index (χ3v) is 19.5. The number of benzene rings is 14. The molecule has 0 aliphatic rings. The molecule has 0 fully saturated rings. The van der Waals surface area contributed by atoms with Crippen molar-refractivity contribution in [3.8, 4) is 113 Å². The number of nitrogens with zero attached hydrogens (tertiary/aromatic N) is 8. The van der Waals surface area contributed by atoms with Gasteiger partial charge in [0.2, 0.25) is 11.9 Å². The lowest BCUT2D eigenvalue weighted by Crippen LogP contribution is -2.06. The molecule has 10 nitrogen and oxygen atoms in total. The summed E-state index contributed by atoms with van der Waals surface area (Å²) < 4.78 is 18.2. The minimum absolute atomic E-state index is 0.499. The number of rotatable bonds is 11. The zero-order chi connectivity index (χ0) is 65.8. The monoisotopic (exact) mass is 1280 g/mol. The normalized spacial score (nSPS) is 11.8. The highest BCUT2D eigenvalue weighted by atomic mass is 16.3. The van der Waals surface area contributed by atoms with Crippen LogP contribution in [0.25, 0.3) is 201 Å². The van der Waals surface area contributed by atoms with Crippen LogP contribution < -0.4 is 0 Å². The zero-order valence-electron chi connectivity index (χ0n) is 53.6. The summed E-state index contributed by atoms with van der Waals surface area (Å²) in [6.07, 6.45) is 0. The number of hydrogen-bond acceptors (Lipinski definition) is 8. The Morgan fingerprint density at radius 2 is 0.540 bits per heavy atom. The smallest absolute Gasteiger partial charge is 0.238 e. The van der Waals surface area contributed by atoms with Gasteiger partial charge in [0.15, 0.2) is 23.3 Å². The lowest BCUT2D eigenvalue weighted by Gasteiger charge is -2.12. The van der Waals surface area contributed by atoms with Crippen molar-refractivity contribution in [2.24, 2.45) is 0 Å². The number of fused-ring (bicyclic) bond motifs is 12. The molecule has 0 saturated carbocycles. The van der Waals surface area contributed by atoms with E-state index in [-0.39, 0.29) is 0 Å². The first-order valence-corrected chi connectivity index (χ1v) is 33.5. The predicted molar refractivity (Wildman–Crippen MR) is 405 cm³/mol. The maximum Gasteiger partial charge on any atom is 0.238 e. The van der Waals surface area contributed by atoms with Crippen LogP contribution in [0.3, 0.4) is 0 Å². The molecule has 6 heterocycles. The first-order valence-electron chi connectivity index (χ1n) is 33.5. The standard InChI is InChI=1S/C90H54N8O2/c1-5-22-55(23-6-1)63-52-53-76-73(54-63)67-30-13-15-39-74(67)97(76)89-94-86(92-88(95-89)72-38-17-35-69-81-65(59-26-9-3-10-27-59)33-20-42-78(81)99-83(69)72)62-50-46-57(47-51-62)56-44-48-60(49-45-56)66-34-21-43-79-82(66)70-36-18-37-71(84(70)100-79)87-91-85(61-28-11-4-12-29-61)93-90(96-87)98-75-40-16-14-31-68(75)80-64(32-19-41-77(80)98)58-24-7-2-8-25-58/h1-54H. The lowest BCUT2D eigenvalue weighted by atomic mass is 9.96. The van der Waals surface area contributed by atoms with Crippen LogP contribution in [0.15, 0.2) is 336 Å². The van der Waals surface area contributed by atoms with Crippen molar-refractivity contribution < 1.29 is 8.83 Å². The van der Waals surface area contributed by atoms with Crippen molar-refractivity contribution in [2.75, 3.05) is 0 Å². The van der Waals surface area contributed by atoms with E-state index in [1.807, 2.05) is 54.6 Å². The molecule has 20 rings (SSSR count). The van der Waals surface area contributed by atoms with Gasteiger partial charge in [-0.1, -0.05) is 273 Å². The molecule has 100 heavy (non-hydrogen) atoms. The Bertz CT molecular complexity index is 6620. The highest BCUT2D eigenvalue weighted by Gasteiger charge is 2.26. The van der Waals surface area contributed by atoms with Gasteiger partial charge in [0.1, 0.15) is 22.3 Å². The molecule has 0 aliphatic heterocycles. The van der Waals surface area contributed by atoms with Gasteiger partial charge >= 0.3 is 0 Å². The van der Waals surface area contributed by atoms with Crippen molar-refractivity contribution in [1.29, 1.82) is 0 Å². The predicted octanol–water partition coefficient (Wildman–Crippen LogP) is 23.1.